The Morgan fingerprint density at radius 2 is 1.92 bits per heavy atom. The Balaban J connectivity index is 0.00000243. The van der Waals surface area contributed by atoms with Gasteiger partial charge in [-0.15, -0.1) is 12.4 Å². The summed E-state index contributed by atoms with van der Waals surface area (Å²) < 4.78 is 44.5. The highest BCUT2D eigenvalue weighted by Crippen LogP contribution is 2.52. The molecule has 0 aromatic heterocycles. The summed E-state index contributed by atoms with van der Waals surface area (Å²) in [6.07, 6.45) is -1.80. The van der Waals surface area contributed by atoms with Gasteiger partial charge < -0.3 is 15.4 Å². The fraction of sp³-hybridized carbons (Fsp3) is 0.611. The maximum absolute atomic E-state index is 12.9. The van der Waals surface area contributed by atoms with Gasteiger partial charge in [0.25, 0.3) is 0 Å². The summed E-state index contributed by atoms with van der Waals surface area (Å²) in [4.78, 5) is 13.7. The number of alkyl halides is 3. The zero-order valence-electron chi connectivity index (χ0n) is 14.6. The van der Waals surface area contributed by atoms with Crippen molar-refractivity contribution < 1.29 is 22.7 Å². The van der Waals surface area contributed by atoms with Crippen LogP contribution in [0.25, 0.3) is 0 Å². The van der Waals surface area contributed by atoms with Gasteiger partial charge in [-0.3, -0.25) is 4.79 Å². The summed E-state index contributed by atoms with van der Waals surface area (Å²) in [6.45, 7) is 0.0643. The average molecular weight is 393 g/mol. The van der Waals surface area contributed by atoms with Crippen molar-refractivity contribution in [1.82, 2.24) is 4.90 Å². The number of carbonyl (C=O) groups excluding carboxylic acids is 1. The number of nitrogens with two attached hydrogens (primary N) is 1. The summed E-state index contributed by atoms with van der Waals surface area (Å²) >= 11 is 0. The van der Waals surface area contributed by atoms with Gasteiger partial charge in [0.05, 0.1) is 0 Å². The summed E-state index contributed by atoms with van der Waals surface area (Å²) in [5.41, 5.74) is 5.28. The van der Waals surface area contributed by atoms with Crippen molar-refractivity contribution in [2.75, 3.05) is 26.7 Å². The first-order valence-electron chi connectivity index (χ1n) is 8.52. The van der Waals surface area contributed by atoms with Crippen molar-refractivity contribution in [3.63, 3.8) is 0 Å². The Bertz CT molecular complexity index is 640. The van der Waals surface area contributed by atoms with Crippen LogP contribution < -0.4 is 5.73 Å². The lowest BCUT2D eigenvalue weighted by atomic mass is 9.62. The molecular formula is C18H24ClF3N2O2. The highest BCUT2D eigenvalue weighted by atomic mass is 35.5. The zero-order chi connectivity index (χ0) is 18.2. The van der Waals surface area contributed by atoms with Crippen LogP contribution in [0.2, 0.25) is 0 Å². The second-order valence-corrected chi connectivity index (χ2v) is 7.19. The molecule has 146 valence electrons. The van der Waals surface area contributed by atoms with Crippen LogP contribution in [0.5, 0.6) is 0 Å². The summed E-state index contributed by atoms with van der Waals surface area (Å²) in [7, 11) is 1.98. The third kappa shape index (κ3) is 4.00. The highest BCUT2D eigenvalue weighted by Gasteiger charge is 2.54. The highest BCUT2D eigenvalue weighted by molar-refractivity contribution is 5.92. The van der Waals surface area contributed by atoms with Crippen molar-refractivity contribution in [3.8, 4) is 0 Å². The lowest BCUT2D eigenvalue weighted by molar-refractivity contribution is -0.251. The number of primary amides is 1. The van der Waals surface area contributed by atoms with E-state index < -0.39 is 24.3 Å². The third-order valence-corrected chi connectivity index (χ3v) is 5.46. The van der Waals surface area contributed by atoms with Gasteiger partial charge in [0.15, 0.2) is 0 Å². The van der Waals surface area contributed by atoms with E-state index in [9.17, 15) is 18.0 Å². The molecule has 8 heteroatoms. The number of hydrogen-bond acceptors (Lipinski definition) is 3. The minimum atomic E-state index is -4.40. The van der Waals surface area contributed by atoms with E-state index in [1.807, 2.05) is 7.05 Å². The topological polar surface area (TPSA) is 55.6 Å². The quantitative estimate of drug-likeness (QED) is 0.855. The van der Waals surface area contributed by atoms with Crippen LogP contribution in [0.15, 0.2) is 24.3 Å². The van der Waals surface area contributed by atoms with Gasteiger partial charge in [-0.1, -0.05) is 18.6 Å². The predicted molar refractivity (Wildman–Crippen MR) is 94.2 cm³/mol. The van der Waals surface area contributed by atoms with Crippen molar-refractivity contribution in [2.24, 2.45) is 17.6 Å². The average Bonchev–Trinajstić information content (AvgIpc) is 2.52. The smallest absolute Gasteiger partial charge is 0.366 e. The Hall–Kier alpha value is -1.31. The monoisotopic (exact) mass is 392 g/mol. The van der Waals surface area contributed by atoms with Crippen LogP contribution in [-0.4, -0.2) is 43.7 Å². The number of piperidine rings is 1. The van der Waals surface area contributed by atoms with E-state index in [0.29, 0.717) is 24.2 Å². The molecule has 2 bridgehead atoms. The van der Waals surface area contributed by atoms with Crippen molar-refractivity contribution >= 4 is 18.3 Å². The van der Waals surface area contributed by atoms with Gasteiger partial charge >= 0.3 is 6.18 Å². The number of nitrogens with zero attached hydrogens (tertiary/aromatic N) is 1. The van der Waals surface area contributed by atoms with Crippen LogP contribution in [-0.2, 0) is 10.3 Å². The standard InChI is InChI=1S/C18H23F3N2O2.ClH/c1-23-9-14-6-3-7-15(10-23)18(14,25-11-17(19,20)21)13-5-2-4-12(8-13)16(22)24;/h2,4-5,8,14-15H,3,6-7,9-11H2,1H3,(H2,22,24);1H/t14-,15+,18?;. The maximum Gasteiger partial charge on any atom is 0.411 e. The lowest BCUT2D eigenvalue weighted by Gasteiger charge is -2.55. The van der Waals surface area contributed by atoms with Crippen molar-refractivity contribution in [3.05, 3.63) is 35.4 Å². The minimum Gasteiger partial charge on any atom is -0.366 e. The first kappa shape index (κ1) is 21.0. The molecule has 1 aliphatic heterocycles. The Kier molecular flexibility index (Phi) is 6.25. The SMILES string of the molecule is CN1C[C@H]2CCC[C@@H](C1)C2(OCC(F)(F)F)c1cccc(C(N)=O)c1.Cl. The number of hydrogen-bond donors (Lipinski definition) is 1. The molecule has 3 atom stereocenters. The molecule has 0 radical (unpaired) electrons. The molecule has 2 N–H and O–H groups in total. The first-order valence-corrected chi connectivity index (χ1v) is 8.52. The Morgan fingerprint density at radius 1 is 1.31 bits per heavy atom. The molecule has 1 aliphatic carbocycles. The van der Waals surface area contributed by atoms with Crippen LogP contribution >= 0.6 is 12.4 Å². The Labute approximate surface area is 157 Å². The molecular weight excluding hydrogens is 369 g/mol. The molecule has 1 unspecified atom stereocenters. The van der Waals surface area contributed by atoms with Gasteiger partial charge in [-0.05, 0) is 37.6 Å². The van der Waals surface area contributed by atoms with Crippen molar-refractivity contribution in [1.29, 1.82) is 0 Å². The number of ether oxygens (including phenoxy) is 1. The maximum atomic E-state index is 12.9. The normalized spacial score (nSPS) is 29.1. The van der Waals surface area contributed by atoms with Crippen LogP contribution in [0.4, 0.5) is 13.2 Å². The van der Waals surface area contributed by atoms with E-state index in [1.54, 1.807) is 24.3 Å². The van der Waals surface area contributed by atoms with Gasteiger partial charge in [0.2, 0.25) is 5.91 Å². The molecule has 3 rings (SSSR count). The molecule has 2 fully saturated rings. The molecule has 1 saturated carbocycles. The minimum absolute atomic E-state index is 0. The largest absolute Gasteiger partial charge is 0.411 e. The van der Waals surface area contributed by atoms with Gasteiger partial charge in [-0.25, -0.2) is 0 Å². The van der Waals surface area contributed by atoms with E-state index in [4.69, 9.17) is 10.5 Å². The molecule has 1 aromatic carbocycles. The molecule has 26 heavy (non-hydrogen) atoms. The van der Waals surface area contributed by atoms with E-state index in [1.165, 1.54) is 0 Å². The number of fused-ring (bicyclic) bond motifs is 2. The van der Waals surface area contributed by atoms with Crippen LogP contribution in [0, 0.1) is 11.8 Å². The van der Waals surface area contributed by atoms with Crippen LogP contribution in [0.3, 0.4) is 0 Å². The molecule has 0 spiro atoms. The number of carbonyl (C=O) groups is 1. The molecule has 2 aliphatic rings. The molecule has 1 aromatic rings. The summed E-state index contributed by atoms with van der Waals surface area (Å²) in [5, 5.41) is 0. The Morgan fingerprint density at radius 3 is 2.46 bits per heavy atom. The van der Waals surface area contributed by atoms with Gasteiger partial charge in [-0.2, -0.15) is 13.2 Å². The third-order valence-electron chi connectivity index (χ3n) is 5.46. The van der Waals surface area contributed by atoms with E-state index in [0.717, 1.165) is 19.3 Å². The van der Waals surface area contributed by atoms with Gasteiger partial charge in [0.1, 0.15) is 12.2 Å². The predicted octanol–water partition coefficient (Wildman–Crippen LogP) is 3.34. The number of amides is 1. The van der Waals surface area contributed by atoms with E-state index in [-0.39, 0.29) is 24.2 Å². The van der Waals surface area contributed by atoms with E-state index >= 15 is 0 Å². The number of halogens is 4. The molecule has 1 amide bonds. The molecule has 4 nitrogen and oxygen atoms in total. The van der Waals surface area contributed by atoms with Gasteiger partial charge in [0, 0.05) is 30.5 Å². The fourth-order valence-corrected chi connectivity index (χ4v) is 4.56. The lowest BCUT2D eigenvalue weighted by Crippen LogP contribution is -2.59. The second-order valence-electron chi connectivity index (χ2n) is 7.19. The second kappa shape index (κ2) is 7.74. The molecule has 1 saturated heterocycles. The summed E-state index contributed by atoms with van der Waals surface area (Å²) in [5.74, 6) is -0.683. The number of likely N-dealkylation sites (tertiary alicyclic amines) is 1. The number of benzene rings is 1. The zero-order valence-corrected chi connectivity index (χ0v) is 15.4. The summed E-state index contributed by atoms with van der Waals surface area (Å²) in [6, 6.07) is 6.62. The molecule has 1 heterocycles. The van der Waals surface area contributed by atoms with Crippen molar-refractivity contribution in [2.45, 2.75) is 31.0 Å². The van der Waals surface area contributed by atoms with E-state index in [2.05, 4.69) is 4.90 Å². The number of rotatable bonds is 4. The fourth-order valence-electron chi connectivity index (χ4n) is 4.56. The van der Waals surface area contributed by atoms with Crippen LogP contribution in [0.1, 0.15) is 35.2 Å². The first-order chi connectivity index (χ1) is 11.7.